The molecule has 0 aromatic carbocycles. The highest BCUT2D eigenvalue weighted by Crippen LogP contribution is 2.22. The van der Waals surface area contributed by atoms with E-state index in [0.717, 1.165) is 51.7 Å². The number of unbranched alkanes of at least 4 members (excludes halogenated alkanes) is 12. The van der Waals surface area contributed by atoms with Gasteiger partial charge in [-0.2, -0.15) is 0 Å². The summed E-state index contributed by atoms with van der Waals surface area (Å²) in [4.78, 5) is 16.7. The number of nitrogens with one attached hydrogen (secondary N) is 2. The number of H-pyrrole nitrogens is 2. The smallest absolute Gasteiger partial charge is 0.0659 e. The van der Waals surface area contributed by atoms with Crippen molar-refractivity contribution in [3.63, 3.8) is 0 Å². The third kappa shape index (κ3) is 9.58. The van der Waals surface area contributed by atoms with Crippen molar-refractivity contribution in [3.05, 3.63) is 70.8 Å². The quantitative estimate of drug-likeness (QED) is 0.117. The van der Waals surface area contributed by atoms with Gasteiger partial charge < -0.3 is 9.97 Å². The van der Waals surface area contributed by atoms with Crippen LogP contribution in [0.4, 0.5) is 0 Å². The molecule has 4 heteroatoms. The zero-order valence-corrected chi connectivity index (χ0v) is 25.9. The monoisotopic (exact) mass is 562 g/mol. The molecule has 0 atom stereocenters. The molecule has 0 amide bonds. The standard InChI is InChI=1S/C38H50N4/c1-29(2)16-14-12-10-8-6-4-3-5-7-9-11-13-15-17-30-24-37-27-35-21-20-33(40-35)25-31-18-19-32(39-31)26-34-22-23-36(41-34)28-38(30)42-37/h18-29,40,42H,3-17H2,1-2H3. The highest BCUT2D eigenvalue weighted by atomic mass is 14.8. The Labute approximate surface area is 252 Å². The molecule has 2 N–H and O–H groups in total. The van der Waals surface area contributed by atoms with E-state index in [9.17, 15) is 0 Å². The molecule has 4 nitrogen and oxygen atoms in total. The average molecular weight is 563 g/mol. The first-order valence-electron chi connectivity index (χ1n) is 16.7. The van der Waals surface area contributed by atoms with Gasteiger partial charge in [0.15, 0.2) is 0 Å². The fourth-order valence-corrected chi connectivity index (χ4v) is 6.10. The van der Waals surface area contributed by atoms with Gasteiger partial charge in [-0.1, -0.05) is 97.3 Å². The minimum atomic E-state index is 0.868. The number of fused-ring (bicyclic) bond motifs is 8. The molecular formula is C38H50N4. The van der Waals surface area contributed by atoms with Crippen molar-refractivity contribution in [2.45, 2.75) is 110 Å². The Morgan fingerprint density at radius 3 is 1.60 bits per heavy atom. The molecule has 2 aliphatic heterocycles. The van der Waals surface area contributed by atoms with Crippen LogP contribution in [0.3, 0.4) is 0 Å². The van der Waals surface area contributed by atoms with Crippen LogP contribution >= 0.6 is 0 Å². The van der Waals surface area contributed by atoms with Gasteiger partial charge >= 0.3 is 0 Å². The molecule has 3 aromatic rings. The maximum Gasteiger partial charge on any atom is 0.0659 e. The highest BCUT2D eigenvalue weighted by Gasteiger charge is 2.06. The zero-order valence-electron chi connectivity index (χ0n) is 25.9. The van der Waals surface area contributed by atoms with Gasteiger partial charge in [0.05, 0.1) is 22.8 Å². The second-order valence-electron chi connectivity index (χ2n) is 12.7. The van der Waals surface area contributed by atoms with Crippen molar-refractivity contribution in [2.75, 3.05) is 0 Å². The lowest BCUT2D eigenvalue weighted by Crippen LogP contribution is -1.87. The van der Waals surface area contributed by atoms with Crippen LogP contribution in [0.15, 0.2) is 42.5 Å². The molecule has 5 rings (SSSR count). The summed E-state index contributed by atoms with van der Waals surface area (Å²) in [5.41, 5.74) is 9.61. The summed E-state index contributed by atoms with van der Waals surface area (Å²) in [6.45, 7) is 4.67. The van der Waals surface area contributed by atoms with Crippen molar-refractivity contribution >= 4 is 46.4 Å². The van der Waals surface area contributed by atoms with E-state index in [1.54, 1.807) is 0 Å². The molecule has 0 aliphatic carbocycles. The largest absolute Gasteiger partial charge is 0.355 e. The number of rotatable bonds is 16. The van der Waals surface area contributed by atoms with E-state index in [1.165, 1.54) is 101 Å². The molecule has 0 radical (unpaired) electrons. The van der Waals surface area contributed by atoms with Crippen LogP contribution in [0.2, 0.25) is 0 Å². The number of aromatic amines is 2. The zero-order chi connectivity index (χ0) is 29.0. The minimum absolute atomic E-state index is 0.868. The van der Waals surface area contributed by atoms with Crippen molar-refractivity contribution in [1.82, 2.24) is 19.9 Å². The lowest BCUT2D eigenvalue weighted by atomic mass is 10.0. The summed E-state index contributed by atoms with van der Waals surface area (Å²) in [5, 5.41) is 0. The topological polar surface area (TPSA) is 57.4 Å². The maximum absolute atomic E-state index is 4.84. The maximum atomic E-state index is 4.84. The second kappa shape index (κ2) is 15.7. The molecule has 42 heavy (non-hydrogen) atoms. The van der Waals surface area contributed by atoms with Gasteiger partial charge in [0.2, 0.25) is 0 Å². The van der Waals surface area contributed by atoms with Crippen molar-refractivity contribution in [3.8, 4) is 0 Å². The number of hydrogen-bond donors (Lipinski definition) is 2. The normalized spacial score (nSPS) is 12.5. The van der Waals surface area contributed by atoms with E-state index in [2.05, 4.69) is 72.4 Å². The van der Waals surface area contributed by atoms with Crippen LogP contribution in [0.25, 0.3) is 46.4 Å². The van der Waals surface area contributed by atoms with Gasteiger partial charge in [0, 0.05) is 22.1 Å². The van der Waals surface area contributed by atoms with E-state index in [-0.39, 0.29) is 0 Å². The van der Waals surface area contributed by atoms with E-state index >= 15 is 0 Å². The van der Waals surface area contributed by atoms with E-state index in [0.29, 0.717) is 0 Å². The summed E-state index contributed by atoms with van der Waals surface area (Å²) >= 11 is 0. The average Bonchev–Trinajstić information content (AvgIpc) is 3.77. The Bertz CT molecular complexity index is 1500. The number of hydrogen-bond acceptors (Lipinski definition) is 2. The van der Waals surface area contributed by atoms with Crippen LogP contribution in [-0.2, 0) is 6.42 Å². The summed E-state index contributed by atoms with van der Waals surface area (Å²) in [6, 6.07) is 15.1. The Morgan fingerprint density at radius 2 is 1.00 bits per heavy atom. The molecule has 0 saturated heterocycles. The van der Waals surface area contributed by atoms with Gasteiger partial charge in [-0.05, 0) is 91.1 Å². The number of nitrogens with zero attached hydrogens (tertiary/aromatic N) is 2. The van der Waals surface area contributed by atoms with E-state index < -0.39 is 0 Å². The van der Waals surface area contributed by atoms with E-state index in [4.69, 9.17) is 9.97 Å². The lowest BCUT2D eigenvalue weighted by molar-refractivity contribution is 0.502. The third-order valence-corrected chi connectivity index (χ3v) is 8.48. The molecule has 222 valence electrons. The van der Waals surface area contributed by atoms with Gasteiger partial charge in [-0.25, -0.2) is 9.97 Å². The van der Waals surface area contributed by atoms with Gasteiger partial charge in [0.1, 0.15) is 0 Å². The predicted octanol–water partition coefficient (Wildman–Crippen LogP) is 11.3. The molecule has 0 spiro atoms. The van der Waals surface area contributed by atoms with Crippen molar-refractivity contribution in [2.24, 2.45) is 5.92 Å². The van der Waals surface area contributed by atoms with Crippen LogP contribution < -0.4 is 0 Å². The highest BCUT2D eigenvalue weighted by molar-refractivity contribution is 5.78. The summed E-state index contributed by atoms with van der Waals surface area (Å²) in [5.74, 6) is 0.868. The first kappa shape index (κ1) is 30.1. The van der Waals surface area contributed by atoms with Gasteiger partial charge in [0.25, 0.3) is 0 Å². The summed E-state index contributed by atoms with van der Waals surface area (Å²) < 4.78 is 0. The molecule has 0 fully saturated rings. The molecule has 0 saturated carbocycles. The number of aromatic nitrogens is 4. The Kier molecular flexibility index (Phi) is 11.3. The Balaban J connectivity index is 1.11. The van der Waals surface area contributed by atoms with Gasteiger partial charge in [-0.3, -0.25) is 0 Å². The van der Waals surface area contributed by atoms with Crippen LogP contribution in [-0.4, -0.2) is 19.9 Å². The van der Waals surface area contributed by atoms with Crippen LogP contribution in [0.5, 0.6) is 0 Å². The van der Waals surface area contributed by atoms with Crippen LogP contribution in [0, 0.1) is 5.92 Å². The first-order valence-corrected chi connectivity index (χ1v) is 16.7. The Hall–Kier alpha value is -3.40. The summed E-state index contributed by atoms with van der Waals surface area (Å²) in [6.07, 6.45) is 28.9. The first-order chi connectivity index (χ1) is 20.6. The lowest BCUT2D eigenvalue weighted by Gasteiger charge is -2.05. The molecular weight excluding hydrogens is 512 g/mol. The van der Waals surface area contributed by atoms with Crippen molar-refractivity contribution in [1.29, 1.82) is 0 Å². The van der Waals surface area contributed by atoms with Gasteiger partial charge in [-0.15, -0.1) is 0 Å². The molecule has 5 heterocycles. The fraction of sp³-hybridized carbons (Fsp3) is 0.474. The minimum Gasteiger partial charge on any atom is -0.355 e. The SMILES string of the molecule is CC(C)CCCCCCCCCCCCCCCc1cc2cc3ccc(cc4nc(cc5nc(cc1[nH]2)C=C5)C=C4)[nH]3. The van der Waals surface area contributed by atoms with Crippen LogP contribution in [0.1, 0.15) is 132 Å². The van der Waals surface area contributed by atoms with E-state index in [1.807, 2.05) is 18.2 Å². The molecule has 0 unspecified atom stereocenters. The second-order valence-corrected chi connectivity index (χ2v) is 12.7. The fourth-order valence-electron chi connectivity index (χ4n) is 6.10. The third-order valence-electron chi connectivity index (χ3n) is 8.48. The molecule has 8 bridgehead atoms. The molecule has 3 aromatic heterocycles. The summed E-state index contributed by atoms with van der Waals surface area (Å²) in [7, 11) is 0. The molecule has 2 aliphatic rings. The number of aryl methyl sites for hydroxylation is 1. The van der Waals surface area contributed by atoms with Crippen molar-refractivity contribution < 1.29 is 0 Å². The predicted molar refractivity (Wildman–Crippen MR) is 182 cm³/mol. The Morgan fingerprint density at radius 1 is 0.500 bits per heavy atom.